The number of hydrogen-bond acceptors (Lipinski definition) is 1. The molecule has 0 bridgehead atoms. The Hall–Kier alpha value is -0.980. The molecular weight excluding hydrogens is 134 g/mol. The second-order valence-corrected chi connectivity index (χ2v) is 3.34. The molecule has 60 valence electrons. The normalized spacial score (nSPS) is 10.5. The van der Waals surface area contributed by atoms with Gasteiger partial charge < -0.3 is 5.73 Å². The summed E-state index contributed by atoms with van der Waals surface area (Å²) in [4.78, 5) is 0. The van der Waals surface area contributed by atoms with Crippen LogP contribution in [0.1, 0.15) is 19.4 Å². The molecule has 0 aliphatic carbocycles. The molecule has 1 aromatic carbocycles. The first-order valence-electron chi connectivity index (χ1n) is 4.03. The van der Waals surface area contributed by atoms with Gasteiger partial charge in [-0.1, -0.05) is 26.0 Å². The molecule has 0 aliphatic heterocycles. The molecule has 0 aromatic heterocycles. The fourth-order valence-corrected chi connectivity index (χ4v) is 1.19. The fourth-order valence-electron chi connectivity index (χ4n) is 1.19. The molecule has 0 heterocycles. The molecule has 0 fully saturated rings. The highest BCUT2D eigenvalue weighted by Crippen LogP contribution is 2.10. The van der Waals surface area contributed by atoms with Crippen LogP contribution in [-0.2, 0) is 6.42 Å². The largest absolute Gasteiger partial charge is 0.399 e. The van der Waals surface area contributed by atoms with Gasteiger partial charge in [0.15, 0.2) is 0 Å². The molecule has 0 saturated carbocycles. The number of hydrogen-bond donors (Lipinski definition) is 1. The SMILES string of the molecule is CC(C)Cc1cccc(N)c1. The van der Waals surface area contributed by atoms with E-state index in [1.807, 2.05) is 18.2 Å². The Labute approximate surface area is 68.2 Å². The average Bonchev–Trinajstić information content (AvgIpc) is 1.85. The van der Waals surface area contributed by atoms with E-state index in [9.17, 15) is 0 Å². The molecule has 0 unspecified atom stereocenters. The molecular formula is C10H15N. The van der Waals surface area contributed by atoms with Gasteiger partial charge in [-0.05, 0) is 30.0 Å². The van der Waals surface area contributed by atoms with E-state index >= 15 is 0 Å². The topological polar surface area (TPSA) is 26.0 Å². The summed E-state index contributed by atoms with van der Waals surface area (Å²) in [6.07, 6.45) is 1.12. The standard InChI is InChI=1S/C10H15N/c1-8(2)6-9-4-3-5-10(11)7-9/h3-5,7-8H,6,11H2,1-2H3. The maximum Gasteiger partial charge on any atom is 0.0316 e. The minimum atomic E-state index is 0.705. The zero-order valence-electron chi connectivity index (χ0n) is 7.17. The molecule has 1 aromatic rings. The van der Waals surface area contributed by atoms with Crippen LogP contribution in [0, 0.1) is 5.92 Å². The Morgan fingerprint density at radius 3 is 2.64 bits per heavy atom. The van der Waals surface area contributed by atoms with Crippen LogP contribution in [-0.4, -0.2) is 0 Å². The van der Waals surface area contributed by atoms with Crippen molar-refractivity contribution >= 4 is 5.69 Å². The van der Waals surface area contributed by atoms with E-state index in [0.717, 1.165) is 12.1 Å². The highest BCUT2D eigenvalue weighted by atomic mass is 14.5. The van der Waals surface area contributed by atoms with E-state index < -0.39 is 0 Å². The van der Waals surface area contributed by atoms with Gasteiger partial charge in [0.25, 0.3) is 0 Å². The number of rotatable bonds is 2. The molecule has 2 N–H and O–H groups in total. The van der Waals surface area contributed by atoms with Gasteiger partial charge in [0.05, 0.1) is 0 Å². The van der Waals surface area contributed by atoms with Crippen molar-refractivity contribution in [3.63, 3.8) is 0 Å². The van der Waals surface area contributed by atoms with E-state index in [2.05, 4.69) is 19.9 Å². The summed E-state index contributed by atoms with van der Waals surface area (Å²) >= 11 is 0. The van der Waals surface area contributed by atoms with Crippen LogP contribution in [0.2, 0.25) is 0 Å². The summed E-state index contributed by atoms with van der Waals surface area (Å²) < 4.78 is 0. The third kappa shape index (κ3) is 2.62. The first-order chi connectivity index (χ1) is 5.18. The molecule has 0 aliphatic rings. The van der Waals surface area contributed by atoms with E-state index in [0.29, 0.717) is 5.92 Å². The third-order valence-electron chi connectivity index (χ3n) is 1.59. The molecule has 0 amide bonds. The van der Waals surface area contributed by atoms with Crippen LogP contribution in [0.15, 0.2) is 24.3 Å². The Kier molecular flexibility index (Phi) is 2.53. The van der Waals surface area contributed by atoms with Crippen molar-refractivity contribution in [2.45, 2.75) is 20.3 Å². The minimum Gasteiger partial charge on any atom is -0.399 e. The van der Waals surface area contributed by atoms with Gasteiger partial charge in [-0.25, -0.2) is 0 Å². The van der Waals surface area contributed by atoms with Crippen molar-refractivity contribution in [3.8, 4) is 0 Å². The van der Waals surface area contributed by atoms with Gasteiger partial charge in [0, 0.05) is 5.69 Å². The maximum absolute atomic E-state index is 5.63. The summed E-state index contributed by atoms with van der Waals surface area (Å²) in [5.74, 6) is 0.705. The lowest BCUT2D eigenvalue weighted by Crippen LogP contribution is -1.94. The molecule has 0 atom stereocenters. The van der Waals surface area contributed by atoms with Crippen LogP contribution < -0.4 is 5.73 Å². The van der Waals surface area contributed by atoms with Crippen LogP contribution in [0.25, 0.3) is 0 Å². The highest BCUT2D eigenvalue weighted by Gasteiger charge is 1.96. The first kappa shape index (κ1) is 8.12. The van der Waals surface area contributed by atoms with Crippen molar-refractivity contribution in [1.82, 2.24) is 0 Å². The van der Waals surface area contributed by atoms with Crippen molar-refractivity contribution in [2.75, 3.05) is 5.73 Å². The minimum absolute atomic E-state index is 0.705. The quantitative estimate of drug-likeness (QED) is 0.642. The average molecular weight is 149 g/mol. The molecule has 0 saturated heterocycles. The maximum atomic E-state index is 5.63. The first-order valence-corrected chi connectivity index (χ1v) is 4.03. The summed E-state index contributed by atoms with van der Waals surface area (Å²) in [5, 5.41) is 0. The lowest BCUT2D eigenvalue weighted by Gasteiger charge is -2.04. The number of anilines is 1. The predicted molar refractivity (Wildman–Crippen MR) is 49.4 cm³/mol. The lowest BCUT2D eigenvalue weighted by molar-refractivity contribution is 0.647. The van der Waals surface area contributed by atoms with E-state index in [1.54, 1.807) is 0 Å². The van der Waals surface area contributed by atoms with Crippen LogP contribution >= 0.6 is 0 Å². The van der Waals surface area contributed by atoms with Gasteiger partial charge in [0.2, 0.25) is 0 Å². The Morgan fingerprint density at radius 1 is 1.36 bits per heavy atom. The molecule has 1 nitrogen and oxygen atoms in total. The van der Waals surface area contributed by atoms with Crippen molar-refractivity contribution in [2.24, 2.45) is 5.92 Å². The Morgan fingerprint density at radius 2 is 2.09 bits per heavy atom. The zero-order valence-corrected chi connectivity index (χ0v) is 7.17. The van der Waals surface area contributed by atoms with E-state index in [1.165, 1.54) is 5.56 Å². The van der Waals surface area contributed by atoms with Crippen molar-refractivity contribution < 1.29 is 0 Å². The molecule has 0 radical (unpaired) electrons. The van der Waals surface area contributed by atoms with E-state index in [4.69, 9.17) is 5.73 Å². The van der Waals surface area contributed by atoms with E-state index in [-0.39, 0.29) is 0 Å². The molecule has 1 rings (SSSR count). The van der Waals surface area contributed by atoms with Crippen molar-refractivity contribution in [1.29, 1.82) is 0 Å². The summed E-state index contributed by atoms with van der Waals surface area (Å²) in [5.41, 5.74) is 7.83. The zero-order chi connectivity index (χ0) is 8.27. The number of nitrogen functional groups attached to an aromatic ring is 1. The number of nitrogens with two attached hydrogens (primary N) is 1. The molecule has 1 heteroatoms. The highest BCUT2D eigenvalue weighted by molar-refractivity contribution is 5.40. The predicted octanol–water partition coefficient (Wildman–Crippen LogP) is 2.47. The summed E-state index contributed by atoms with van der Waals surface area (Å²) in [7, 11) is 0. The van der Waals surface area contributed by atoms with Crippen molar-refractivity contribution in [3.05, 3.63) is 29.8 Å². The smallest absolute Gasteiger partial charge is 0.0316 e. The molecule has 11 heavy (non-hydrogen) atoms. The van der Waals surface area contributed by atoms with Gasteiger partial charge in [-0.2, -0.15) is 0 Å². The Bertz CT molecular complexity index is 228. The van der Waals surface area contributed by atoms with Crippen LogP contribution in [0.4, 0.5) is 5.69 Å². The fraction of sp³-hybridized carbons (Fsp3) is 0.400. The van der Waals surface area contributed by atoms with Crippen LogP contribution in [0.5, 0.6) is 0 Å². The second-order valence-electron chi connectivity index (χ2n) is 3.34. The second kappa shape index (κ2) is 3.42. The summed E-state index contributed by atoms with van der Waals surface area (Å²) in [6, 6.07) is 8.09. The third-order valence-corrected chi connectivity index (χ3v) is 1.59. The number of benzene rings is 1. The lowest BCUT2D eigenvalue weighted by atomic mass is 10.0. The summed E-state index contributed by atoms with van der Waals surface area (Å²) in [6.45, 7) is 4.42. The van der Waals surface area contributed by atoms with Crippen LogP contribution in [0.3, 0.4) is 0 Å². The monoisotopic (exact) mass is 149 g/mol. The van der Waals surface area contributed by atoms with Gasteiger partial charge in [-0.15, -0.1) is 0 Å². The van der Waals surface area contributed by atoms with Gasteiger partial charge in [-0.3, -0.25) is 0 Å². The molecule has 0 spiro atoms. The Balaban J connectivity index is 2.71. The van der Waals surface area contributed by atoms with Gasteiger partial charge in [0.1, 0.15) is 0 Å². The van der Waals surface area contributed by atoms with Gasteiger partial charge >= 0.3 is 0 Å².